The highest BCUT2D eigenvalue weighted by Crippen LogP contribution is 2.38. The van der Waals surface area contributed by atoms with Crippen LogP contribution in [-0.2, 0) is 4.74 Å². The smallest absolute Gasteiger partial charge is 0.266 e. The van der Waals surface area contributed by atoms with E-state index in [0.717, 1.165) is 14.6 Å². The summed E-state index contributed by atoms with van der Waals surface area (Å²) in [7, 11) is 0. The Morgan fingerprint density at radius 3 is 2.67 bits per heavy atom. The molecule has 0 radical (unpaired) electrons. The number of thiophene rings is 1. The zero-order valence-electron chi connectivity index (χ0n) is 11.9. The molecule has 6 heteroatoms. The van der Waals surface area contributed by atoms with Crippen molar-refractivity contribution in [1.82, 2.24) is 4.90 Å². The number of amides is 1. The van der Waals surface area contributed by atoms with Crippen molar-refractivity contribution in [1.29, 1.82) is 0 Å². The number of fused-ring (bicyclic) bond motifs is 1. The maximum Gasteiger partial charge on any atom is 0.266 e. The first kappa shape index (κ1) is 14.8. The van der Waals surface area contributed by atoms with Gasteiger partial charge in [-0.25, -0.2) is 0 Å². The van der Waals surface area contributed by atoms with Gasteiger partial charge in [0, 0.05) is 27.6 Å². The second-order valence-electron chi connectivity index (χ2n) is 5.43. The van der Waals surface area contributed by atoms with Crippen molar-refractivity contribution in [3.8, 4) is 0 Å². The highest BCUT2D eigenvalue weighted by molar-refractivity contribution is 9.10. The van der Waals surface area contributed by atoms with Crippen LogP contribution in [0.15, 0.2) is 22.7 Å². The van der Waals surface area contributed by atoms with Crippen molar-refractivity contribution in [2.24, 2.45) is 0 Å². The molecule has 2 aromatic rings. The lowest BCUT2D eigenvalue weighted by Gasteiger charge is -2.35. The number of ether oxygens (including phenoxy) is 1. The Morgan fingerprint density at radius 1 is 1.38 bits per heavy atom. The standard InChI is InChI=1S/C15H17BrN2O2S/c1-8-6-18(7-9(2)20-8)15(19)14-13(17)12-10(16)4-3-5-11(12)21-14/h3-5,8-9H,6-7,17H2,1-2H3. The molecule has 0 saturated carbocycles. The molecular weight excluding hydrogens is 352 g/mol. The number of hydrogen-bond acceptors (Lipinski definition) is 4. The minimum Gasteiger partial charge on any atom is -0.397 e. The first-order valence-electron chi connectivity index (χ1n) is 6.88. The monoisotopic (exact) mass is 368 g/mol. The molecule has 2 unspecified atom stereocenters. The number of anilines is 1. The van der Waals surface area contributed by atoms with Crippen LogP contribution in [0.25, 0.3) is 10.1 Å². The van der Waals surface area contributed by atoms with Crippen molar-refractivity contribution in [2.45, 2.75) is 26.1 Å². The van der Waals surface area contributed by atoms with Crippen LogP contribution in [-0.4, -0.2) is 36.1 Å². The maximum atomic E-state index is 12.8. The number of halogens is 1. The third-order valence-corrected chi connectivity index (χ3v) is 5.42. The van der Waals surface area contributed by atoms with Gasteiger partial charge in [0.2, 0.25) is 0 Å². The van der Waals surface area contributed by atoms with Crippen LogP contribution in [0, 0.1) is 0 Å². The first-order valence-corrected chi connectivity index (χ1v) is 8.49. The van der Waals surface area contributed by atoms with Gasteiger partial charge < -0.3 is 15.4 Å². The van der Waals surface area contributed by atoms with Crippen LogP contribution in [0.1, 0.15) is 23.5 Å². The summed E-state index contributed by atoms with van der Waals surface area (Å²) in [6.07, 6.45) is 0.111. The fraction of sp³-hybridized carbons (Fsp3) is 0.400. The largest absolute Gasteiger partial charge is 0.397 e. The molecule has 1 amide bonds. The number of morpholine rings is 1. The van der Waals surface area contributed by atoms with Crippen molar-refractivity contribution < 1.29 is 9.53 Å². The Balaban J connectivity index is 1.98. The molecule has 3 rings (SSSR count). The highest BCUT2D eigenvalue weighted by atomic mass is 79.9. The Labute approximate surface area is 136 Å². The number of carbonyl (C=O) groups excluding carboxylic acids is 1. The lowest BCUT2D eigenvalue weighted by molar-refractivity contribution is -0.0584. The molecule has 1 aromatic carbocycles. The van der Waals surface area contributed by atoms with Crippen LogP contribution in [0.4, 0.5) is 5.69 Å². The van der Waals surface area contributed by atoms with Crippen LogP contribution in [0.5, 0.6) is 0 Å². The molecule has 1 aliphatic heterocycles. The van der Waals surface area contributed by atoms with E-state index >= 15 is 0 Å². The maximum absolute atomic E-state index is 12.8. The molecular formula is C15H17BrN2O2S. The Hall–Kier alpha value is -1.11. The molecule has 4 nitrogen and oxygen atoms in total. The molecule has 1 aliphatic rings. The third kappa shape index (κ3) is 2.67. The molecule has 112 valence electrons. The van der Waals surface area contributed by atoms with Crippen molar-refractivity contribution in [2.75, 3.05) is 18.8 Å². The Kier molecular flexibility index (Phi) is 3.94. The molecule has 1 fully saturated rings. The SMILES string of the molecule is CC1CN(C(=O)c2sc3cccc(Br)c3c2N)CC(C)O1. The second kappa shape index (κ2) is 5.59. The molecule has 0 spiro atoms. The second-order valence-corrected chi connectivity index (χ2v) is 7.33. The highest BCUT2D eigenvalue weighted by Gasteiger charge is 2.29. The number of nitrogen functional groups attached to an aromatic ring is 1. The zero-order chi connectivity index (χ0) is 15.1. The third-order valence-electron chi connectivity index (χ3n) is 3.60. The summed E-state index contributed by atoms with van der Waals surface area (Å²) < 4.78 is 7.64. The minimum atomic E-state index is 0.00241. The van der Waals surface area contributed by atoms with E-state index in [2.05, 4.69) is 15.9 Å². The average molecular weight is 369 g/mol. The van der Waals surface area contributed by atoms with Crippen LogP contribution in [0.2, 0.25) is 0 Å². The van der Waals surface area contributed by atoms with E-state index in [-0.39, 0.29) is 18.1 Å². The Morgan fingerprint density at radius 2 is 2.05 bits per heavy atom. The van der Waals surface area contributed by atoms with Crippen molar-refractivity contribution in [3.63, 3.8) is 0 Å². The van der Waals surface area contributed by atoms with E-state index in [9.17, 15) is 4.79 Å². The molecule has 2 atom stereocenters. The summed E-state index contributed by atoms with van der Waals surface area (Å²) in [4.78, 5) is 15.2. The van der Waals surface area contributed by atoms with Gasteiger partial charge in [-0.05, 0) is 26.0 Å². The number of benzene rings is 1. The van der Waals surface area contributed by atoms with E-state index in [1.807, 2.05) is 36.9 Å². The van der Waals surface area contributed by atoms with E-state index in [0.29, 0.717) is 23.7 Å². The normalized spacial score (nSPS) is 22.7. The van der Waals surface area contributed by atoms with Gasteiger partial charge in [-0.2, -0.15) is 0 Å². The number of nitrogens with zero attached hydrogens (tertiary/aromatic N) is 1. The predicted octanol–water partition coefficient (Wildman–Crippen LogP) is 3.50. The van der Waals surface area contributed by atoms with Gasteiger partial charge in [0.05, 0.1) is 17.9 Å². The van der Waals surface area contributed by atoms with Crippen molar-refractivity contribution >= 4 is 48.9 Å². The van der Waals surface area contributed by atoms with E-state index in [1.165, 1.54) is 11.3 Å². The van der Waals surface area contributed by atoms with Gasteiger partial charge in [0.1, 0.15) is 4.88 Å². The minimum absolute atomic E-state index is 0.00241. The van der Waals surface area contributed by atoms with Gasteiger partial charge in [0.15, 0.2) is 0 Å². The zero-order valence-corrected chi connectivity index (χ0v) is 14.3. The Bertz CT molecular complexity index is 690. The average Bonchev–Trinajstić information content (AvgIpc) is 2.75. The fourth-order valence-corrected chi connectivity index (χ4v) is 4.60. The van der Waals surface area contributed by atoms with Crippen LogP contribution >= 0.6 is 27.3 Å². The number of carbonyl (C=O) groups is 1. The summed E-state index contributed by atoms with van der Waals surface area (Å²) in [6.45, 7) is 5.19. The van der Waals surface area contributed by atoms with Crippen LogP contribution < -0.4 is 5.73 Å². The quantitative estimate of drug-likeness (QED) is 0.837. The van der Waals surface area contributed by atoms with Gasteiger partial charge in [-0.1, -0.05) is 22.0 Å². The van der Waals surface area contributed by atoms with Gasteiger partial charge >= 0.3 is 0 Å². The number of nitrogens with two attached hydrogens (primary N) is 1. The molecule has 2 heterocycles. The predicted molar refractivity (Wildman–Crippen MR) is 89.8 cm³/mol. The first-order chi connectivity index (χ1) is 9.97. The van der Waals surface area contributed by atoms with Gasteiger partial charge in [-0.15, -0.1) is 11.3 Å². The summed E-state index contributed by atoms with van der Waals surface area (Å²) in [5, 5.41) is 0.931. The van der Waals surface area contributed by atoms with E-state index in [1.54, 1.807) is 0 Å². The molecule has 2 N–H and O–H groups in total. The lowest BCUT2D eigenvalue weighted by atomic mass is 10.2. The topological polar surface area (TPSA) is 55.6 Å². The number of rotatable bonds is 1. The lowest BCUT2D eigenvalue weighted by Crippen LogP contribution is -2.48. The van der Waals surface area contributed by atoms with Crippen LogP contribution in [0.3, 0.4) is 0 Å². The fourth-order valence-electron chi connectivity index (χ4n) is 2.78. The van der Waals surface area contributed by atoms with E-state index in [4.69, 9.17) is 10.5 Å². The summed E-state index contributed by atoms with van der Waals surface area (Å²) in [5.41, 5.74) is 6.79. The molecule has 1 saturated heterocycles. The number of hydrogen-bond donors (Lipinski definition) is 1. The van der Waals surface area contributed by atoms with Crippen molar-refractivity contribution in [3.05, 3.63) is 27.5 Å². The summed E-state index contributed by atoms with van der Waals surface area (Å²) in [6, 6.07) is 5.89. The molecule has 0 bridgehead atoms. The van der Waals surface area contributed by atoms with Gasteiger partial charge in [-0.3, -0.25) is 4.79 Å². The van der Waals surface area contributed by atoms with E-state index < -0.39 is 0 Å². The molecule has 0 aliphatic carbocycles. The summed E-state index contributed by atoms with van der Waals surface area (Å²) in [5.74, 6) is 0.00241. The molecule has 1 aromatic heterocycles. The summed E-state index contributed by atoms with van der Waals surface area (Å²) >= 11 is 4.96. The molecule has 21 heavy (non-hydrogen) atoms. The van der Waals surface area contributed by atoms with Gasteiger partial charge in [0.25, 0.3) is 5.91 Å².